The van der Waals surface area contributed by atoms with E-state index >= 15 is 0 Å². The van der Waals surface area contributed by atoms with Gasteiger partial charge in [-0.05, 0) is 24.8 Å². The Balaban J connectivity index is 2.58. The monoisotopic (exact) mass is 247 g/mol. The van der Waals surface area contributed by atoms with Crippen LogP contribution in [0.4, 0.5) is 0 Å². The van der Waals surface area contributed by atoms with Crippen LogP contribution in [0.1, 0.15) is 39.2 Å². The molecule has 1 atom stereocenters. The topological polar surface area (TPSA) is 20.3 Å². The summed E-state index contributed by atoms with van der Waals surface area (Å²) >= 11 is 0. The predicted octanol–water partition coefficient (Wildman–Crippen LogP) is 3.51. The summed E-state index contributed by atoms with van der Waals surface area (Å²) in [6, 6.07) is 10.3. The normalized spacial score (nSPS) is 12.2. The summed E-state index contributed by atoms with van der Waals surface area (Å²) in [6.45, 7) is 8.04. The highest BCUT2D eigenvalue weighted by Crippen LogP contribution is 2.12. The van der Waals surface area contributed by atoms with Crippen molar-refractivity contribution in [2.24, 2.45) is 5.92 Å². The van der Waals surface area contributed by atoms with E-state index in [0.717, 1.165) is 32.4 Å². The first kappa shape index (κ1) is 14.7. The molecular weight excluding hydrogens is 222 g/mol. The lowest BCUT2D eigenvalue weighted by Crippen LogP contribution is -2.37. The molecule has 2 heteroatoms. The number of carbonyl (C=O) groups excluding carboxylic acids is 1. The molecule has 0 heterocycles. The predicted molar refractivity (Wildman–Crippen MR) is 76.5 cm³/mol. The molecule has 100 valence electrons. The van der Waals surface area contributed by atoms with Gasteiger partial charge in [-0.1, -0.05) is 51.1 Å². The summed E-state index contributed by atoms with van der Waals surface area (Å²) in [5.74, 6) is 0.369. The van der Waals surface area contributed by atoms with Gasteiger partial charge in [-0.25, -0.2) is 0 Å². The van der Waals surface area contributed by atoms with Gasteiger partial charge in [0.1, 0.15) is 0 Å². The first-order chi connectivity index (χ1) is 8.69. The maximum atomic E-state index is 12.4. The summed E-state index contributed by atoms with van der Waals surface area (Å²) in [7, 11) is 0. The zero-order valence-electron chi connectivity index (χ0n) is 11.9. The van der Waals surface area contributed by atoms with E-state index in [1.165, 1.54) is 5.56 Å². The van der Waals surface area contributed by atoms with Gasteiger partial charge < -0.3 is 4.90 Å². The second-order valence-electron chi connectivity index (χ2n) is 4.92. The van der Waals surface area contributed by atoms with Gasteiger partial charge >= 0.3 is 0 Å². The molecule has 1 aromatic carbocycles. The highest BCUT2D eigenvalue weighted by Gasteiger charge is 2.19. The summed E-state index contributed by atoms with van der Waals surface area (Å²) in [4.78, 5) is 14.4. The number of nitrogens with zero attached hydrogens (tertiary/aromatic N) is 1. The molecule has 0 N–H and O–H groups in total. The van der Waals surface area contributed by atoms with Crippen molar-refractivity contribution in [2.75, 3.05) is 13.1 Å². The summed E-state index contributed by atoms with van der Waals surface area (Å²) in [5, 5.41) is 0. The standard InChI is InChI=1S/C16H25NO/c1-4-11-17(12-5-2)16(18)14(3)13-15-9-7-6-8-10-15/h6-10,14H,4-5,11-13H2,1-3H3. The van der Waals surface area contributed by atoms with Crippen LogP contribution in [0.25, 0.3) is 0 Å². The lowest BCUT2D eigenvalue weighted by atomic mass is 9.99. The van der Waals surface area contributed by atoms with Gasteiger partial charge in [0.25, 0.3) is 0 Å². The van der Waals surface area contributed by atoms with E-state index in [9.17, 15) is 4.79 Å². The van der Waals surface area contributed by atoms with Crippen LogP contribution in [0.15, 0.2) is 30.3 Å². The molecule has 1 amide bonds. The lowest BCUT2D eigenvalue weighted by Gasteiger charge is -2.25. The van der Waals surface area contributed by atoms with Crippen LogP contribution in [0, 0.1) is 5.92 Å². The van der Waals surface area contributed by atoms with E-state index in [4.69, 9.17) is 0 Å². The number of benzene rings is 1. The van der Waals surface area contributed by atoms with Crippen molar-refractivity contribution in [3.63, 3.8) is 0 Å². The quantitative estimate of drug-likeness (QED) is 0.722. The van der Waals surface area contributed by atoms with Gasteiger partial charge in [0, 0.05) is 19.0 Å². The van der Waals surface area contributed by atoms with Crippen molar-refractivity contribution in [2.45, 2.75) is 40.0 Å². The Bertz CT molecular complexity index is 341. The minimum Gasteiger partial charge on any atom is -0.342 e. The SMILES string of the molecule is CCCN(CCC)C(=O)C(C)Cc1ccccc1. The second-order valence-corrected chi connectivity index (χ2v) is 4.92. The van der Waals surface area contributed by atoms with Gasteiger partial charge in [-0.2, -0.15) is 0 Å². The average Bonchev–Trinajstić information content (AvgIpc) is 2.39. The van der Waals surface area contributed by atoms with E-state index in [2.05, 4.69) is 26.0 Å². The molecule has 0 radical (unpaired) electrons. The molecule has 1 unspecified atom stereocenters. The van der Waals surface area contributed by atoms with E-state index < -0.39 is 0 Å². The molecular formula is C16H25NO. The number of amides is 1. The van der Waals surface area contributed by atoms with Gasteiger partial charge in [-0.3, -0.25) is 4.79 Å². The first-order valence-electron chi connectivity index (χ1n) is 7.01. The third kappa shape index (κ3) is 4.52. The Morgan fingerprint density at radius 3 is 2.17 bits per heavy atom. The Labute approximate surface area is 111 Å². The Kier molecular flexibility index (Phi) is 6.48. The minimum atomic E-state index is 0.0745. The third-order valence-corrected chi connectivity index (χ3v) is 3.11. The van der Waals surface area contributed by atoms with E-state index in [0.29, 0.717) is 5.91 Å². The van der Waals surface area contributed by atoms with Crippen LogP contribution < -0.4 is 0 Å². The molecule has 0 saturated heterocycles. The van der Waals surface area contributed by atoms with Crippen LogP contribution in [-0.4, -0.2) is 23.9 Å². The largest absolute Gasteiger partial charge is 0.342 e. The lowest BCUT2D eigenvalue weighted by molar-refractivity contribution is -0.135. The molecule has 18 heavy (non-hydrogen) atoms. The molecule has 0 fully saturated rings. The van der Waals surface area contributed by atoms with Crippen LogP contribution in [0.2, 0.25) is 0 Å². The molecule has 1 aromatic rings. The average molecular weight is 247 g/mol. The maximum Gasteiger partial charge on any atom is 0.225 e. The molecule has 0 saturated carbocycles. The molecule has 0 spiro atoms. The van der Waals surface area contributed by atoms with E-state index in [-0.39, 0.29) is 5.92 Å². The Morgan fingerprint density at radius 1 is 1.11 bits per heavy atom. The fraction of sp³-hybridized carbons (Fsp3) is 0.562. The van der Waals surface area contributed by atoms with Crippen molar-refractivity contribution in [1.82, 2.24) is 4.90 Å². The van der Waals surface area contributed by atoms with Gasteiger partial charge in [-0.15, -0.1) is 0 Å². The zero-order valence-corrected chi connectivity index (χ0v) is 11.9. The second kappa shape index (κ2) is 7.91. The minimum absolute atomic E-state index is 0.0745. The molecule has 0 aliphatic heterocycles. The third-order valence-electron chi connectivity index (χ3n) is 3.11. The van der Waals surface area contributed by atoms with Crippen molar-refractivity contribution >= 4 is 5.91 Å². The summed E-state index contributed by atoms with van der Waals surface area (Å²) in [6.07, 6.45) is 2.90. The molecule has 0 aliphatic carbocycles. The Morgan fingerprint density at radius 2 is 1.67 bits per heavy atom. The maximum absolute atomic E-state index is 12.4. The van der Waals surface area contributed by atoms with Crippen molar-refractivity contribution < 1.29 is 4.79 Å². The molecule has 1 rings (SSSR count). The smallest absolute Gasteiger partial charge is 0.225 e. The number of hydrogen-bond donors (Lipinski definition) is 0. The molecule has 0 aliphatic rings. The van der Waals surface area contributed by atoms with Crippen LogP contribution in [0.3, 0.4) is 0 Å². The van der Waals surface area contributed by atoms with Crippen molar-refractivity contribution in [1.29, 1.82) is 0 Å². The number of carbonyl (C=O) groups is 1. The zero-order chi connectivity index (χ0) is 13.4. The van der Waals surface area contributed by atoms with Crippen molar-refractivity contribution in [3.05, 3.63) is 35.9 Å². The van der Waals surface area contributed by atoms with Crippen molar-refractivity contribution in [3.8, 4) is 0 Å². The molecule has 2 nitrogen and oxygen atoms in total. The first-order valence-corrected chi connectivity index (χ1v) is 7.01. The highest BCUT2D eigenvalue weighted by molar-refractivity contribution is 5.78. The van der Waals surface area contributed by atoms with E-state index in [1.54, 1.807) is 0 Å². The Hall–Kier alpha value is -1.31. The number of rotatable bonds is 7. The molecule has 0 aromatic heterocycles. The highest BCUT2D eigenvalue weighted by atomic mass is 16.2. The van der Waals surface area contributed by atoms with Gasteiger partial charge in [0.2, 0.25) is 5.91 Å². The van der Waals surface area contributed by atoms with Crippen LogP contribution in [-0.2, 0) is 11.2 Å². The fourth-order valence-electron chi connectivity index (χ4n) is 2.24. The van der Waals surface area contributed by atoms with Gasteiger partial charge in [0.15, 0.2) is 0 Å². The van der Waals surface area contributed by atoms with Crippen LogP contribution >= 0.6 is 0 Å². The summed E-state index contributed by atoms with van der Waals surface area (Å²) < 4.78 is 0. The van der Waals surface area contributed by atoms with Gasteiger partial charge in [0.05, 0.1) is 0 Å². The number of hydrogen-bond acceptors (Lipinski definition) is 1. The molecule has 0 bridgehead atoms. The van der Waals surface area contributed by atoms with E-state index in [1.807, 2.05) is 30.0 Å². The fourth-order valence-corrected chi connectivity index (χ4v) is 2.24. The van der Waals surface area contributed by atoms with Crippen LogP contribution in [0.5, 0.6) is 0 Å². The summed E-state index contributed by atoms with van der Waals surface area (Å²) in [5.41, 5.74) is 1.24.